The highest BCUT2D eigenvalue weighted by Gasteiger charge is 2.28. The van der Waals surface area contributed by atoms with Crippen molar-refractivity contribution in [1.82, 2.24) is 0 Å². The first kappa shape index (κ1) is 22.1. The van der Waals surface area contributed by atoms with Crippen molar-refractivity contribution in [2.45, 2.75) is 13.3 Å². The molecule has 0 aromatic heterocycles. The minimum absolute atomic E-state index is 0.112. The molecule has 1 aliphatic heterocycles. The van der Waals surface area contributed by atoms with Gasteiger partial charge in [0.1, 0.15) is 12.3 Å². The third-order valence-electron chi connectivity index (χ3n) is 4.65. The van der Waals surface area contributed by atoms with Crippen molar-refractivity contribution >= 4 is 40.8 Å². The van der Waals surface area contributed by atoms with Crippen LogP contribution in [0.1, 0.15) is 12.0 Å². The zero-order valence-electron chi connectivity index (χ0n) is 16.8. The maximum atomic E-state index is 12.7. The summed E-state index contributed by atoms with van der Waals surface area (Å²) in [7, 11) is 0. The van der Waals surface area contributed by atoms with Crippen LogP contribution >= 0.6 is 11.6 Å². The molecule has 3 rings (SSSR count). The van der Waals surface area contributed by atoms with Gasteiger partial charge in [-0.1, -0.05) is 23.7 Å². The van der Waals surface area contributed by atoms with Gasteiger partial charge >= 0.3 is 5.97 Å². The summed E-state index contributed by atoms with van der Waals surface area (Å²) in [6.45, 7) is 0.900. The monoisotopic (exact) mass is 441 g/mol. The van der Waals surface area contributed by atoms with Crippen LogP contribution < -0.4 is 14.5 Å². The molecule has 0 aliphatic carbocycles. The van der Waals surface area contributed by atoms with E-state index in [9.17, 15) is 14.4 Å². The number of halogens is 1. The minimum Gasteiger partial charge on any atom is -0.482 e. The van der Waals surface area contributed by atoms with E-state index in [1.54, 1.807) is 49.4 Å². The second-order valence-corrected chi connectivity index (χ2v) is 7.19. The van der Waals surface area contributed by atoms with E-state index in [1.165, 1.54) is 9.80 Å². The number of ether oxygens (including phenoxy) is 2. The molecule has 8 nitrogen and oxygen atoms in total. The largest absolute Gasteiger partial charge is 0.482 e. The number of amides is 2. The molecular weight excluding hydrogens is 422 g/mol. The van der Waals surface area contributed by atoms with Crippen LogP contribution in [0.15, 0.2) is 42.5 Å². The van der Waals surface area contributed by atoms with Crippen molar-refractivity contribution in [3.05, 3.63) is 53.1 Å². The van der Waals surface area contributed by atoms with E-state index in [1.807, 2.05) is 6.07 Å². The number of hydrogen-bond acceptors (Lipinski definition) is 6. The molecular formula is C22H20ClN3O5. The quantitative estimate of drug-likeness (QED) is 0.612. The van der Waals surface area contributed by atoms with Gasteiger partial charge in [0.25, 0.3) is 11.8 Å². The lowest BCUT2D eigenvalue weighted by atomic mass is 10.2. The van der Waals surface area contributed by atoms with Crippen LogP contribution in [-0.2, 0) is 19.1 Å². The number of para-hydroxylation sites is 2. The van der Waals surface area contributed by atoms with Gasteiger partial charge in [0.15, 0.2) is 13.2 Å². The van der Waals surface area contributed by atoms with Crippen molar-refractivity contribution in [1.29, 1.82) is 5.26 Å². The summed E-state index contributed by atoms with van der Waals surface area (Å²) in [5.41, 5.74) is 1.79. The smallest absolute Gasteiger partial charge is 0.326 e. The predicted molar refractivity (Wildman–Crippen MR) is 114 cm³/mol. The summed E-state index contributed by atoms with van der Waals surface area (Å²) < 4.78 is 10.5. The Balaban J connectivity index is 1.65. The van der Waals surface area contributed by atoms with Crippen molar-refractivity contribution in [2.75, 3.05) is 36.1 Å². The number of rotatable bonds is 7. The molecule has 0 bridgehead atoms. The number of hydrogen-bond donors (Lipinski definition) is 0. The SMILES string of the molecule is Cc1cc(N(CCC#N)C(=O)COC(=O)CN2C(=O)COc3ccccc32)ccc1Cl. The number of nitrogens with zero attached hydrogens (tertiary/aromatic N) is 3. The number of carbonyl (C=O) groups excluding carboxylic acids is 3. The molecule has 1 aliphatic rings. The molecule has 0 saturated carbocycles. The topological polar surface area (TPSA) is 99.9 Å². The fourth-order valence-corrected chi connectivity index (χ4v) is 3.20. The lowest BCUT2D eigenvalue weighted by Crippen LogP contribution is -2.43. The highest BCUT2D eigenvalue weighted by molar-refractivity contribution is 6.31. The number of esters is 1. The molecule has 31 heavy (non-hydrogen) atoms. The lowest BCUT2D eigenvalue weighted by molar-refractivity contribution is -0.147. The first-order valence-electron chi connectivity index (χ1n) is 9.52. The van der Waals surface area contributed by atoms with E-state index in [-0.39, 0.29) is 32.0 Å². The molecule has 0 atom stereocenters. The molecule has 0 unspecified atom stereocenters. The predicted octanol–water partition coefficient (Wildman–Crippen LogP) is 2.86. The van der Waals surface area contributed by atoms with E-state index in [0.717, 1.165) is 5.56 Å². The average molecular weight is 442 g/mol. The Bertz CT molecular complexity index is 1050. The Hall–Kier alpha value is -3.57. The van der Waals surface area contributed by atoms with E-state index >= 15 is 0 Å². The van der Waals surface area contributed by atoms with Gasteiger partial charge in [0.2, 0.25) is 0 Å². The summed E-state index contributed by atoms with van der Waals surface area (Å²) >= 11 is 6.05. The molecule has 9 heteroatoms. The molecule has 0 saturated heterocycles. The number of carbonyl (C=O) groups is 3. The molecule has 0 radical (unpaired) electrons. The third-order valence-corrected chi connectivity index (χ3v) is 5.08. The molecule has 2 amide bonds. The number of benzene rings is 2. The molecule has 0 spiro atoms. The average Bonchev–Trinajstić information content (AvgIpc) is 2.77. The van der Waals surface area contributed by atoms with Gasteiger partial charge in [-0.15, -0.1) is 0 Å². The molecule has 160 valence electrons. The standard InChI is InChI=1S/C22H20ClN3O5/c1-15-11-16(7-8-17(15)23)25(10-4-9-24)20(27)14-31-22(29)12-26-18-5-2-3-6-19(18)30-13-21(26)28/h2-3,5-8,11H,4,10,12-14H2,1H3. The maximum absolute atomic E-state index is 12.7. The number of anilines is 2. The summed E-state index contributed by atoms with van der Waals surface area (Å²) in [5, 5.41) is 9.46. The Morgan fingerprint density at radius 2 is 2.06 bits per heavy atom. The van der Waals surface area contributed by atoms with Gasteiger partial charge in [0.05, 0.1) is 18.2 Å². The van der Waals surface area contributed by atoms with Crippen LogP contribution in [0.5, 0.6) is 5.75 Å². The minimum atomic E-state index is -0.731. The Morgan fingerprint density at radius 1 is 1.29 bits per heavy atom. The number of nitriles is 1. The second-order valence-electron chi connectivity index (χ2n) is 6.78. The van der Waals surface area contributed by atoms with Gasteiger partial charge in [-0.3, -0.25) is 19.3 Å². The summed E-state index contributed by atoms with van der Waals surface area (Å²) in [6.07, 6.45) is 0.112. The van der Waals surface area contributed by atoms with Gasteiger partial charge < -0.3 is 14.4 Å². The van der Waals surface area contributed by atoms with E-state index < -0.39 is 18.5 Å². The molecule has 1 heterocycles. The summed E-state index contributed by atoms with van der Waals surface area (Å²) in [5.74, 6) is -1.11. The number of aryl methyl sites for hydroxylation is 1. The highest BCUT2D eigenvalue weighted by Crippen LogP contribution is 2.31. The number of fused-ring (bicyclic) bond motifs is 1. The van der Waals surface area contributed by atoms with Gasteiger partial charge in [-0.25, -0.2) is 0 Å². The zero-order chi connectivity index (χ0) is 22.4. The lowest BCUT2D eigenvalue weighted by Gasteiger charge is -2.28. The third kappa shape index (κ3) is 5.32. The fraction of sp³-hybridized carbons (Fsp3) is 0.273. The molecule has 0 N–H and O–H groups in total. The highest BCUT2D eigenvalue weighted by atomic mass is 35.5. The fourth-order valence-electron chi connectivity index (χ4n) is 3.08. The van der Waals surface area contributed by atoms with Gasteiger partial charge in [-0.05, 0) is 42.8 Å². The van der Waals surface area contributed by atoms with Crippen molar-refractivity contribution in [3.8, 4) is 11.8 Å². The molecule has 2 aromatic carbocycles. The van der Waals surface area contributed by atoms with Crippen molar-refractivity contribution in [3.63, 3.8) is 0 Å². The van der Waals surface area contributed by atoms with Crippen LogP contribution in [0.25, 0.3) is 0 Å². The maximum Gasteiger partial charge on any atom is 0.326 e. The van der Waals surface area contributed by atoms with Crippen LogP contribution in [-0.4, -0.2) is 44.1 Å². The normalized spacial score (nSPS) is 12.4. The first-order chi connectivity index (χ1) is 14.9. The van der Waals surface area contributed by atoms with Gasteiger partial charge in [0, 0.05) is 17.3 Å². The van der Waals surface area contributed by atoms with Gasteiger partial charge in [-0.2, -0.15) is 5.26 Å². The van der Waals surface area contributed by atoms with Crippen LogP contribution in [0.4, 0.5) is 11.4 Å². The Labute approximate surface area is 184 Å². The van der Waals surface area contributed by atoms with Crippen molar-refractivity contribution in [2.24, 2.45) is 0 Å². The zero-order valence-corrected chi connectivity index (χ0v) is 17.6. The summed E-state index contributed by atoms with van der Waals surface area (Å²) in [4.78, 5) is 39.9. The first-order valence-corrected chi connectivity index (χ1v) is 9.90. The van der Waals surface area contributed by atoms with E-state index in [0.29, 0.717) is 22.1 Å². The van der Waals surface area contributed by atoms with E-state index in [2.05, 4.69) is 0 Å². The Morgan fingerprint density at radius 3 is 2.81 bits per heavy atom. The van der Waals surface area contributed by atoms with Crippen LogP contribution in [0, 0.1) is 18.3 Å². The van der Waals surface area contributed by atoms with Crippen LogP contribution in [0.3, 0.4) is 0 Å². The van der Waals surface area contributed by atoms with Crippen molar-refractivity contribution < 1.29 is 23.9 Å². The summed E-state index contributed by atoms with van der Waals surface area (Å²) in [6, 6.07) is 13.9. The molecule has 2 aromatic rings. The second kappa shape index (κ2) is 9.96. The Kier molecular flexibility index (Phi) is 7.11. The molecule has 0 fully saturated rings. The van der Waals surface area contributed by atoms with E-state index in [4.69, 9.17) is 26.3 Å². The van der Waals surface area contributed by atoms with Crippen LogP contribution in [0.2, 0.25) is 5.02 Å².